The van der Waals surface area contributed by atoms with E-state index in [0.29, 0.717) is 42.3 Å². The van der Waals surface area contributed by atoms with Crippen LogP contribution in [0.3, 0.4) is 0 Å². The van der Waals surface area contributed by atoms with E-state index in [0.717, 1.165) is 0 Å². The van der Waals surface area contributed by atoms with Crippen molar-refractivity contribution < 1.29 is 14.3 Å². The molecule has 0 aliphatic rings. The van der Waals surface area contributed by atoms with Crippen LogP contribution in [-0.2, 0) is 9.53 Å². The molecule has 0 spiro atoms. The molecule has 0 aliphatic carbocycles. The number of ether oxygens (including phenoxy) is 1. The molecule has 0 aliphatic heterocycles. The highest BCUT2D eigenvalue weighted by Gasteiger charge is 2.21. The molecule has 146 valence electrons. The summed E-state index contributed by atoms with van der Waals surface area (Å²) in [5.74, 6) is -0.655. The minimum Gasteiger partial charge on any atom is -0.382 e. The minimum absolute atomic E-state index is 0.0982. The van der Waals surface area contributed by atoms with Gasteiger partial charge in [0.2, 0.25) is 5.91 Å². The van der Waals surface area contributed by atoms with Gasteiger partial charge < -0.3 is 15.0 Å². The fraction of sp³-hybridized carbons (Fsp3) is 0.316. The molecule has 0 bridgehead atoms. The summed E-state index contributed by atoms with van der Waals surface area (Å²) in [4.78, 5) is 39.5. The number of thiazole rings is 1. The van der Waals surface area contributed by atoms with E-state index in [1.807, 2.05) is 25.1 Å². The third-order valence-corrected chi connectivity index (χ3v) is 4.58. The van der Waals surface area contributed by atoms with Crippen LogP contribution in [0, 0.1) is 0 Å². The van der Waals surface area contributed by atoms with Crippen LogP contribution in [-0.4, -0.2) is 58.0 Å². The van der Waals surface area contributed by atoms with Gasteiger partial charge in [-0.1, -0.05) is 12.1 Å². The summed E-state index contributed by atoms with van der Waals surface area (Å²) in [6.07, 6.45) is 3.67. The van der Waals surface area contributed by atoms with E-state index in [4.69, 9.17) is 4.74 Å². The van der Waals surface area contributed by atoms with Crippen LogP contribution in [0.15, 0.2) is 42.0 Å². The van der Waals surface area contributed by atoms with E-state index >= 15 is 0 Å². The van der Waals surface area contributed by atoms with Crippen LogP contribution in [0.25, 0.3) is 11.0 Å². The predicted molar refractivity (Wildman–Crippen MR) is 107 cm³/mol. The van der Waals surface area contributed by atoms with Crippen LogP contribution in [0.4, 0.5) is 5.13 Å². The second-order valence-corrected chi connectivity index (χ2v) is 6.80. The van der Waals surface area contributed by atoms with Crippen LogP contribution in [0.2, 0.25) is 0 Å². The molecule has 3 rings (SSSR count). The molecule has 0 radical (unpaired) electrons. The first-order valence-electron chi connectivity index (χ1n) is 8.95. The van der Waals surface area contributed by atoms with Gasteiger partial charge in [-0.15, -0.1) is 11.3 Å². The Morgan fingerprint density at radius 2 is 2.04 bits per heavy atom. The number of hydrogen-bond donors (Lipinski definition) is 1. The SMILES string of the molecule is CCOCCCN(CC(=O)Nc1nccs1)C(=O)c1cnc2ccccc2n1. The minimum atomic E-state index is -0.343. The Balaban J connectivity index is 1.73. The Morgan fingerprint density at radius 1 is 1.21 bits per heavy atom. The van der Waals surface area contributed by atoms with Crippen molar-refractivity contribution >= 4 is 39.3 Å². The maximum atomic E-state index is 13.0. The van der Waals surface area contributed by atoms with E-state index in [1.165, 1.54) is 22.4 Å². The number of rotatable bonds is 9. The zero-order valence-electron chi connectivity index (χ0n) is 15.5. The molecule has 2 heterocycles. The lowest BCUT2D eigenvalue weighted by molar-refractivity contribution is -0.116. The number of carbonyl (C=O) groups excluding carboxylic acids is 2. The number of nitrogens with zero attached hydrogens (tertiary/aromatic N) is 4. The van der Waals surface area contributed by atoms with Crippen LogP contribution in [0.5, 0.6) is 0 Å². The summed E-state index contributed by atoms with van der Waals surface area (Å²) in [7, 11) is 0. The van der Waals surface area contributed by atoms with Crippen molar-refractivity contribution in [2.24, 2.45) is 0 Å². The first kappa shape index (κ1) is 19.8. The van der Waals surface area contributed by atoms with Crippen LogP contribution in [0.1, 0.15) is 23.8 Å². The predicted octanol–water partition coefficient (Wildman–Crippen LogP) is 2.59. The average Bonchev–Trinajstić information content (AvgIpc) is 3.22. The van der Waals surface area contributed by atoms with Gasteiger partial charge >= 0.3 is 0 Å². The highest BCUT2D eigenvalue weighted by atomic mass is 32.1. The summed E-state index contributed by atoms with van der Waals surface area (Å²) in [6.45, 7) is 3.30. The summed E-state index contributed by atoms with van der Waals surface area (Å²) in [5, 5.41) is 4.96. The van der Waals surface area contributed by atoms with E-state index < -0.39 is 0 Å². The fourth-order valence-corrected chi connectivity index (χ4v) is 3.14. The number of para-hydroxylation sites is 2. The number of amides is 2. The van der Waals surface area contributed by atoms with Crippen molar-refractivity contribution in [3.05, 3.63) is 47.7 Å². The van der Waals surface area contributed by atoms with Gasteiger partial charge in [-0.3, -0.25) is 14.6 Å². The van der Waals surface area contributed by atoms with Crippen LogP contribution < -0.4 is 5.32 Å². The Kier molecular flexibility index (Phi) is 6.99. The summed E-state index contributed by atoms with van der Waals surface area (Å²) >= 11 is 1.32. The first-order valence-corrected chi connectivity index (χ1v) is 9.83. The lowest BCUT2D eigenvalue weighted by Gasteiger charge is -2.21. The number of hydrogen-bond acceptors (Lipinski definition) is 7. The van der Waals surface area contributed by atoms with Crippen molar-refractivity contribution in [3.63, 3.8) is 0 Å². The molecular formula is C19H21N5O3S. The maximum absolute atomic E-state index is 13.0. The molecule has 0 saturated heterocycles. The fourth-order valence-electron chi connectivity index (χ4n) is 2.59. The zero-order valence-corrected chi connectivity index (χ0v) is 16.3. The molecule has 2 aromatic heterocycles. The Labute approximate surface area is 166 Å². The van der Waals surface area contributed by atoms with Crippen molar-refractivity contribution in [2.75, 3.05) is 31.6 Å². The number of benzene rings is 1. The van der Waals surface area contributed by atoms with Gasteiger partial charge in [0.1, 0.15) is 12.2 Å². The second kappa shape index (κ2) is 9.86. The zero-order chi connectivity index (χ0) is 19.8. The number of nitrogens with one attached hydrogen (secondary N) is 1. The highest BCUT2D eigenvalue weighted by Crippen LogP contribution is 2.12. The smallest absolute Gasteiger partial charge is 0.274 e. The lowest BCUT2D eigenvalue weighted by Crippen LogP contribution is -2.39. The molecule has 0 atom stereocenters. The van der Waals surface area contributed by atoms with E-state index in [1.54, 1.807) is 17.6 Å². The third-order valence-electron chi connectivity index (χ3n) is 3.89. The number of carbonyl (C=O) groups is 2. The van der Waals surface area contributed by atoms with Crippen molar-refractivity contribution in [3.8, 4) is 0 Å². The maximum Gasteiger partial charge on any atom is 0.274 e. The Morgan fingerprint density at radius 3 is 2.79 bits per heavy atom. The van der Waals surface area contributed by atoms with E-state index in [-0.39, 0.29) is 24.1 Å². The molecular weight excluding hydrogens is 378 g/mol. The largest absolute Gasteiger partial charge is 0.382 e. The Bertz CT molecular complexity index is 932. The molecule has 1 aromatic carbocycles. The summed E-state index contributed by atoms with van der Waals surface area (Å²) in [6, 6.07) is 7.33. The Hall–Kier alpha value is -2.91. The molecule has 8 nitrogen and oxygen atoms in total. The molecule has 28 heavy (non-hydrogen) atoms. The molecule has 1 N–H and O–H groups in total. The quantitative estimate of drug-likeness (QED) is 0.556. The molecule has 0 fully saturated rings. The molecule has 3 aromatic rings. The van der Waals surface area contributed by atoms with Crippen molar-refractivity contribution in [1.82, 2.24) is 19.9 Å². The number of anilines is 1. The highest BCUT2D eigenvalue weighted by molar-refractivity contribution is 7.13. The molecule has 0 unspecified atom stereocenters. The van der Waals surface area contributed by atoms with Gasteiger partial charge in [0.05, 0.1) is 17.2 Å². The second-order valence-electron chi connectivity index (χ2n) is 5.91. The average molecular weight is 399 g/mol. The molecule has 0 saturated carbocycles. The van der Waals surface area contributed by atoms with Crippen molar-refractivity contribution in [2.45, 2.75) is 13.3 Å². The van der Waals surface area contributed by atoms with E-state index in [2.05, 4.69) is 20.3 Å². The van der Waals surface area contributed by atoms with Crippen molar-refractivity contribution in [1.29, 1.82) is 0 Å². The van der Waals surface area contributed by atoms with Gasteiger partial charge in [-0.05, 0) is 25.5 Å². The molecule has 2 amide bonds. The summed E-state index contributed by atoms with van der Waals surface area (Å²) < 4.78 is 5.34. The standard InChI is InChI=1S/C19H21N5O3S/c1-2-27-10-5-9-24(13-17(25)23-19-20-8-11-28-19)18(26)16-12-21-14-6-3-4-7-15(14)22-16/h3-4,6-8,11-12H,2,5,9-10,13H2,1H3,(H,20,23,25). The van der Waals surface area contributed by atoms with Gasteiger partial charge in [0.25, 0.3) is 5.91 Å². The van der Waals surface area contributed by atoms with Gasteiger partial charge in [0, 0.05) is 31.3 Å². The van der Waals surface area contributed by atoms with E-state index in [9.17, 15) is 9.59 Å². The number of aromatic nitrogens is 3. The van der Waals surface area contributed by atoms with Crippen LogP contribution >= 0.6 is 11.3 Å². The summed E-state index contributed by atoms with van der Waals surface area (Å²) in [5.41, 5.74) is 1.55. The normalized spacial score (nSPS) is 10.8. The van der Waals surface area contributed by atoms with Gasteiger partial charge in [-0.2, -0.15) is 0 Å². The van der Waals surface area contributed by atoms with Gasteiger partial charge in [0.15, 0.2) is 5.13 Å². The molecule has 9 heteroatoms. The first-order chi connectivity index (χ1) is 13.7. The lowest BCUT2D eigenvalue weighted by atomic mass is 10.2. The number of fused-ring (bicyclic) bond motifs is 1. The van der Waals surface area contributed by atoms with Gasteiger partial charge in [-0.25, -0.2) is 9.97 Å². The third kappa shape index (κ3) is 5.30. The monoisotopic (exact) mass is 399 g/mol. The topological polar surface area (TPSA) is 97.3 Å².